The number of hydrogen-bond donors (Lipinski definition) is 2. The van der Waals surface area contributed by atoms with Crippen LogP contribution in [0.15, 0.2) is 24.4 Å². The third-order valence-corrected chi connectivity index (χ3v) is 3.49. The molecule has 2 amide bonds. The number of carbonyl (C=O) groups excluding carboxylic acids is 2. The molecular formula is C13H14N4O2. The molecule has 0 bridgehead atoms. The SMILES string of the molecule is NC(=O)C1CC(=O)N(Cc2ccc3[nH]ncc3c2)C1. The van der Waals surface area contributed by atoms with Crippen molar-refractivity contribution in [3.63, 3.8) is 0 Å². The fourth-order valence-corrected chi connectivity index (χ4v) is 2.43. The number of nitrogens with one attached hydrogen (secondary N) is 1. The van der Waals surface area contributed by atoms with Crippen molar-refractivity contribution in [3.8, 4) is 0 Å². The van der Waals surface area contributed by atoms with E-state index < -0.39 is 5.91 Å². The molecule has 2 heterocycles. The Bertz CT molecular complexity index is 649. The summed E-state index contributed by atoms with van der Waals surface area (Å²) in [7, 11) is 0. The maximum absolute atomic E-state index is 11.8. The fraction of sp³-hybridized carbons (Fsp3) is 0.308. The van der Waals surface area contributed by atoms with Gasteiger partial charge in [0.05, 0.1) is 17.6 Å². The van der Waals surface area contributed by atoms with E-state index in [2.05, 4.69) is 10.2 Å². The van der Waals surface area contributed by atoms with Gasteiger partial charge in [0.2, 0.25) is 11.8 Å². The maximum atomic E-state index is 11.8. The molecular weight excluding hydrogens is 244 g/mol. The summed E-state index contributed by atoms with van der Waals surface area (Å²) in [4.78, 5) is 24.6. The quantitative estimate of drug-likeness (QED) is 0.834. The van der Waals surface area contributed by atoms with Crippen molar-refractivity contribution in [1.29, 1.82) is 0 Å². The number of nitrogens with two attached hydrogens (primary N) is 1. The van der Waals surface area contributed by atoms with Gasteiger partial charge < -0.3 is 10.6 Å². The number of H-pyrrole nitrogens is 1. The number of aromatic amines is 1. The van der Waals surface area contributed by atoms with E-state index >= 15 is 0 Å². The lowest BCUT2D eigenvalue weighted by atomic mass is 10.1. The standard InChI is InChI=1S/C13H14N4O2/c14-13(19)10-4-12(18)17(7-10)6-8-1-2-11-9(3-8)5-15-16-11/h1-3,5,10H,4,6-7H2,(H2,14,19)(H,15,16). The summed E-state index contributed by atoms with van der Waals surface area (Å²) >= 11 is 0. The Labute approximate surface area is 109 Å². The predicted octanol–water partition coefficient (Wildman–Crippen LogP) is 0.397. The Hall–Kier alpha value is -2.37. The van der Waals surface area contributed by atoms with E-state index in [4.69, 9.17) is 5.73 Å². The van der Waals surface area contributed by atoms with Gasteiger partial charge >= 0.3 is 0 Å². The number of rotatable bonds is 3. The van der Waals surface area contributed by atoms with Crippen molar-refractivity contribution in [1.82, 2.24) is 15.1 Å². The van der Waals surface area contributed by atoms with Crippen LogP contribution in [0.25, 0.3) is 10.9 Å². The van der Waals surface area contributed by atoms with Crippen LogP contribution in [0.3, 0.4) is 0 Å². The van der Waals surface area contributed by atoms with Gasteiger partial charge in [0, 0.05) is 24.9 Å². The second-order valence-corrected chi connectivity index (χ2v) is 4.87. The number of amides is 2. The van der Waals surface area contributed by atoms with Crippen LogP contribution in [-0.2, 0) is 16.1 Å². The number of primary amides is 1. The Balaban J connectivity index is 1.77. The zero-order valence-corrected chi connectivity index (χ0v) is 10.3. The first-order valence-electron chi connectivity index (χ1n) is 6.12. The summed E-state index contributed by atoms with van der Waals surface area (Å²) in [6.07, 6.45) is 1.97. The highest BCUT2D eigenvalue weighted by Crippen LogP contribution is 2.21. The lowest BCUT2D eigenvalue weighted by molar-refractivity contribution is -0.128. The van der Waals surface area contributed by atoms with Gasteiger partial charge in [-0.05, 0) is 17.7 Å². The van der Waals surface area contributed by atoms with E-state index in [1.54, 1.807) is 11.1 Å². The second-order valence-electron chi connectivity index (χ2n) is 4.87. The van der Waals surface area contributed by atoms with Crippen molar-refractivity contribution >= 4 is 22.7 Å². The normalized spacial score (nSPS) is 19.3. The van der Waals surface area contributed by atoms with Crippen LogP contribution in [0.1, 0.15) is 12.0 Å². The van der Waals surface area contributed by atoms with Crippen LogP contribution < -0.4 is 5.73 Å². The highest BCUT2D eigenvalue weighted by Gasteiger charge is 2.32. The first kappa shape index (κ1) is 11.7. The molecule has 0 saturated carbocycles. The van der Waals surface area contributed by atoms with Gasteiger partial charge in [-0.15, -0.1) is 0 Å². The molecule has 1 saturated heterocycles. The largest absolute Gasteiger partial charge is 0.369 e. The minimum Gasteiger partial charge on any atom is -0.369 e. The maximum Gasteiger partial charge on any atom is 0.223 e. The average molecular weight is 258 g/mol. The van der Waals surface area contributed by atoms with E-state index in [1.807, 2.05) is 18.2 Å². The number of carbonyl (C=O) groups is 2. The Morgan fingerprint density at radius 3 is 3.11 bits per heavy atom. The van der Waals surface area contributed by atoms with Crippen LogP contribution in [-0.4, -0.2) is 33.5 Å². The van der Waals surface area contributed by atoms with Crippen LogP contribution in [0.2, 0.25) is 0 Å². The number of likely N-dealkylation sites (tertiary alicyclic amines) is 1. The predicted molar refractivity (Wildman–Crippen MR) is 68.8 cm³/mol. The Morgan fingerprint density at radius 1 is 1.53 bits per heavy atom. The van der Waals surface area contributed by atoms with Crippen LogP contribution in [0.4, 0.5) is 0 Å². The van der Waals surface area contributed by atoms with E-state index in [9.17, 15) is 9.59 Å². The highest BCUT2D eigenvalue weighted by atomic mass is 16.2. The van der Waals surface area contributed by atoms with Crippen LogP contribution in [0, 0.1) is 5.92 Å². The van der Waals surface area contributed by atoms with Crippen molar-refractivity contribution in [2.45, 2.75) is 13.0 Å². The van der Waals surface area contributed by atoms with E-state index in [-0.39, 0.29) is 18.2 Å². The highest BCUT2D eigenvalue weighted by molar-refractivity contribution is 5.88. The van der Waals surface area contributed by atoms with E-state index in [0.717, 1.165) is 16.5 Å². The summed E-state index contributed by atoms with van der Waals surface area (Å²) in [5.74, 6) is -0.776. The summed E-state index contributed by atoms with van der Waals surface area (Å²) < 4.78 is 0. The molecule has 2 aromatic rings. The number of hydrogen-bond acceptors (Lipinski definition) is 3. The van der Waals surface area contributed by atoms with Crippen LogP contribution in [0.5, 0.6) is 0 Å². The molecule has 6 heteroatoms. The molecule has 19 heavy (non-hydrogen) atoms. The second kappa shape index (κ2) is 4.38. The number of nitrogens with zero attached hydrogens (tertiary/aromatic N) is 2. The molecule has 0 aliphatic carbocycles. The minimum absolute atomic E-state index is 0.0175. The average Bonchev–Trinajstić information content (AvgIpc) is 2.96. The number of aromatic nitrogens is 2. The lowest BCUT2D eigenvalue weighted by Gasteiger charge is -2.16. The van der Waals surface area contributed by atoms with Gasteiger partial charge in [0.25, 0.3) is 0 Å². The van der Waals surface area contributed by atoms with E-state index in [1.165, 1.54) is 0 Å². The monoisotopic (exact) mass is 258 g/mol. The van der Waals surface area contributed by atoms with Gasteiger partial charge in [-0.1, -0.05) is 6.07 Å². The zero-order chi connectivity index (χ0) is 13.4. The van der Waals surface area contributed by atoms with Crippen molar-refractivity contribution < 1.29 is 9.59 Å². The minimum atomic E-state index is -0.402. The number of fused-ring (bicyclic) bond motifs is 1. The molecule has 0 radical (unpaired) electrons. The summed E-state index contributed by atoms with van der Waals surface area (Å²) in [6.45, 7) is 0.918. The Morgan fingerprint density at radius 2 is 2.37 bits per heavy atom. The van der Waals surface area contributed by atoms with Gasteiger partial charge in [0.1, 0.15) is 0 Å². The fourth-order valence-electron chi connectivity index (χ4n) is 2.43. The summed E-state index contributed by atoms with van der Waals surface area (Å²) in [6, 6.07) is 5.87. The molecule has 1 aromatic carbocycles. The number of benzene rings is 1. The molecule has 1 aliphatic rings. The Kier molecular flexibility index (Phi) is 2.70. The van der Waals surface area contributed by atoms with Gasteiger partial charge in [-0.2, -0.15) is 5.10 Å². The van der Waals surface area contributed by atoms with Gasteiger partial charge in [-0.3, -0.25) is 14.7 Å². The van der Waals surface area contributed by atoms with Gasteiger partial charge in [-0.25, -0.2) is 0 Å². The molecule has 6 nitrogen and oxygen atoms in total. The van der Waals surface area contributed by atoms with E-state index in [0.29, 0.717) is 13.1 Å². The topological polar surface area (TPSA) is 92.1 Å². The van der Waals surface area contributed by atoms with Crippen molar-refractivity contribution in [2.24, 2.45) is 11.7 Å². The van der Waals surface area contributed by atoms with Crippen molar-refractivity contribution in [3.05, 3.63) is 30.0 Å². The summed E-state index contributed by atoms with van der Waals surface area (Å²) in [5, 5.41) is 7.85. The van der Waals surface area contributed by atoms with Crippen LogP contribution >= 0.6 is 0 Å². The third kappa shape index (κ3) is 2.16. The summed E-state index contributed by atoms with van der Waals surface area (Å²) in [5.41, 5.74) is 7.23. The molecule has 1 atom stereocenters. The lowest BCUT2D eigenvalue weighted by Crippen LogP contribution is -2.28. The molecule has 1 unspecified atom stereocenters. The first-order valence-corrected chi connectivity index (χ1v) is 6.12. The smallest absolute Gasteiger partial charge is 0.223 e. The molecule has 1 aliphatic heterocycles. The van der Waals surface area contributed by atoms with Gasteiger partial charge in [0.15, 0.2) is 0 Å². The third-order valence-electron chi connectivity index (χ3n) is 3.49. The molecule has 98 valence electrons. The molecule has 1 fully saturated rings. The zero-order valence-electron chi connectivity index (χ0n) is 10.3. The molecule has 3 rings (SSSR count). The molecule has 1 aromatic heterocycles. The molecule has 0 spiro atoms. The first-order chi connectivity index (χ1) is 9.13. The molecule has 3 N–H and O–H groups in total. The van der Waals surface area contributed by atoms with Crippen molar-refractivity contribution in [2.75, 3.05) is 6.54 Å².